The lowest BCUT2D eigenvalue weighted by Gasteiger charge is -2.45. The van der Waals surface area contributed by atoms with Crippen molar-refractivity contribution >= 4 is 18.3 Å². The highest BCUT2D eigenvalue weighted by Gasteiger charge is 2.36. The molecule has 22 heavy (non-hydrogen) atoms. The molecule has 3 rings (SSSR count). The van der Waals surface area contributed by atoms with Crippen LogP contribution in [0, 0.1) is 5.41 Å². The first-order valence-corrected chi connectivity index (χ1v) is 8.98. The van der Waals surface area contributed by atoms with Gasteiger partial charge in [0.05, 0.1) is 0 Å². The summed E-state index contributed by atoms with van der Waals surface area (Å²) in [5.74, 6) is 0.361. The highest BCUT2D eigenvalue weighted by molar-refractivity contribution is 5.85. The summed E-state index contributed by atoms with van der Waals surface area (Å²) in [7, 11) is 0. The molecule has 1 amide bonds. The first-order chi connectivity index (χ1) is 10.3. The van der Waals surface area contributed by atoms with E-state index in [0.29, 0.717) is 11.3 Å². The second kappa shape index (κ2) is 8.51. The number of halogens is 1. The number of carbonyl (C=O) groups excluding carboxylic acids is 1. The summed E-state index contributed by atoms with van der Waals surface area (Å²) in [6, 6.07) is 0. The molecule has 4 nitrogen and oxygen atoms in total. The second-order valence-corrected chi connectivity index (χ2v) is 7.32. The van der Waals surface area contributed by atoms with Gasteiger partial charge < -0.3 is 15.1 Å². The van der Waals surface area contributed by atoms with Gasteiger partial charge in [0.1, 0.15) is 0 Å². The second-order valence-electron chi connectivity index (χ2n) is 7.32. The van der Waals surface area contributed by atoms with E-state index in [4.69, 9.17) is 0 Å². The van der Waals surface area contributed by atoms with E-state index in [0.717, 1.165) is 39.1 Å². The van der Waals surface area contributed by atoms with Crippen LogP contribution in [0.3, 0.4) is 0 Å². The molecular formula is C17H32ClN3O. The lowest BCUT2D eigenvalue weighted by Crippen LogP contribution is -2.48. The van der Waals surface area contributed by atoms with E-state index < -0.39 is 0 Å². The van der Waals surface area contributed by atoms with Crippen molar-refractivity contribution in [3.63, 3.8) is 0 Å². The Morgan fingerprint density at radius 3 is 2.36 bits per heavy atom. The van der Waals surface area contributed by atoms with Gasteiger partial charge in [0, 0.05) is 45.7 Å². The van der Waals surface area contributed by atoms with Crippen LogP contribution < -0.4 is 5.32 Å². The van der Waals surface area contributed by atoms with Gasteiger partial charge in [0.2, 0.25) is 5.91 Å². The van der Waals surface area contributed by atoms with Crippen molar-refractivity contribution in [3.05, 3.63) is 0 Å². The summed E-state index contributed by atoms with van der Waals surface area (Å²) in [5, 5.41) is 3.31. The standard InChI is InChI=1S/C17H31N3O.ClH/c21-16(20-13-9-18-10-14-20)5-12-19-11-4-8-17(15-19)6-2-1-3-7-17;/h18H,1-15H2;1H. The van der Waals surface area contributed by atoms with Gasteiger partial charge in [-0.05, 0) is 37.6 Å². The Morgan fingerprint density at radius 2 is 1.64 bits per heavy atom. The van der Waals surface area contributed by atoms with E-state index in [9.17, 15) is 4.79 Å². The number of nitrogens with one attached hydrogen (secondary N) is 1. The van der Waals surface area contributed by atoms with Gasteiger partial charge in [-0.2, -0.15) is 0 Å². The highest BCUT2D eigenvalue weighted by Crippen LogP contribution is 2.43. The molecule has 2 heterocycles. The minimum absolute atomic E-state index is 0. The molecule has 0 aromatic heterocycles. The first-order valence-electron chi connectivity index (χ1n) is 8.98. The number of amides is 1. The van der Waals surface area contributed by atoms with Crippen molar-refractivity contribution in [2.45, 2.75) is 51.4 Å². The normalized spacial score (nSPS) is 25.7. The molecule has 0 atom stereocenters. The zero-order valence-electron chi connectivity index (χ0n) is 13.8. The minimum Gasteiger partial charge on any atom is -0.340 e. The van der Waals surface area contributed by atoms with Crippen molar-refractivity contribution in [1.82, 2.24) is 15.1 Å². The van der Waals surface area contributed by atoms with Crippen LogP contribution in [-0.4, -0.2) is 61.5 Å². The van der Waals surface area contributed by atoms with Crippen LogP contribution in [0.4, 0.5) is 0 Å². The molecule has 1 spiro atoms. The summed E-state index contributed by atoms with van der Waals surface area (Å²) in [6.45, 7) is 7.13. The lowest BCUT2D eigenvalue weighted by molar-refractivity contribution is -0.132. The number of piperazine rings is 1. The largest absolute Gasteiger partial charge is 0.340 e. The van der Waals surface area contributed by atoms with Crippen molar-refractivity contribution in [2.24, 2.45) is 5.41 Å². The molecule has 3 fully saturated rings. The van der Waals surface area contributed by atoms with E-state index in [1.54, 1.807) is 0 Å². The van der Waals surface area contributed by atoms with Gasteiger partial charge in [-0.3, -0.25) is 4.79 Å². The lowest BCUT2D eigenvalue weighted by atomic mass is 9.69. The summed E-state index contributed by atoms with van der Waals surface area (Å²) in [4.78, 5) is 16.9. The Morgan fingerprint density at radius 1 is 0.955 bits per heavy atom. The third-order valence-electron chi connectivity index (χ3n) is 5.77. The van der Waals surface area contributed by atoms with Crippen molar-refractivity contribution in [2.75, 3.05) is 45.8 Å². The Balaban J connectivity index is 0.00000176. The SMILES string of the molecule is Cl.O=C(CCN1CCCC2(CCCCC2)C1)N1CCNCC1. The van der Waals surface area contributed by atoms with Crippen LogP contribution in [0.15, 0.2) is 0 Å². The molecule has 0 bridgehead atoms. The smallest absolute Gasteiger partial charge is 0.223 e. The predicted molar refractivity (Wildman–Crippen MR) is 92.5 cm³/mol. The first kappa shape index (κ1) is 18.0. The molecule has 0 aromatic carbocycles. The van der Waals surface area contributed by atoms with E-state index in [1.165, 1.54) is 58.0 Å². The Hall–Kier alpha value is -0.320. The number of piperidine rings is 1. The number of carbonyl (C=O) groups is 1. The number of likely N-dealkylation sites (tertiary alicyclic amines) is 1. The molecule has 128 valence electrons. The molecule has 0 aromatic rings. The topological polar surface area (TPSA) is 35.6 Å². The number of hydrogen-bond donors (Lipinski definition) is 1. The molecular weight excluding hydrogens is 298 g/mol. The molecule has 3 aliphatic rings. The number of hydrogen-bond acceptors (Lipinski definition) is 3. The third kappa shape index (κ3) is 4.59. The highest BCUT2D eigenvalue weighted by atomic mass is 35.5. The zero-order chi connectivity index (χ0) is 14.5. The van der Waals surface area contributed by atoms with Crippen LogP contribution in [0.2, 0.25) is 0 Å². The summed E-state index contributed by atoms with van der Waals surface area (Å²) < 4.78 is 0. The fourth-order valence-corrected chi connectivity index (χ4v) is 4.54. The van der Waals surface area contributed by atoms with E-state index in [-0.39, 0.29) is 12.4 Å². The Bertz CT molecular complexity index is 346. The van der Waals surface area contributed by atoms with Gasteiger partial charge in [-0.25, -0.2) is 0 Å². The molecule has 2 saturated heterocycles. The fraction of sp³-hybridized carbons (Fsp3) is 0.941. The van der Waals surface area contributed by atoms with Crippen molar-refractivity contribution < 1.29 is 4.79 Å². The molecule has 0 radical (unpaired) electrons. The summed E-state index contributed by atoms with van der Waals surface area (Å²) in [5.41, 5.74) is 0.606. The van der Waals surface area contributed by atoms with Gasteiger partial charge in [0.25, 0.3) is 0 Å². The van der Waals surface area contributed by atoms with Crippen LogP contribution >= 0.6 is 12.4 Å². The van der Waals surface area contributed by atoms with Crippen LogP contribution in [0.25, 0.3) is 0 Å². The molecule has 1 N–H and O–H groups in total. The quantitative estimate of drug-likeness (QED) is 0.863. The van der Waals surface area contributed by atoms with Crippen LogP contribution in [-0.2, 0) is 4.79 Å². The predicted octanol–water partition coefficient (Wildman–Crippen LogP) is 2.28. The van der Waals surface area contributed by atoms with E-state index >= 15 is 0 Å². The monoisotopic (exact) mass is 329 g/mol. The van der Waals surface area contributed by atoms with Gasteiger partial charge in [-0.1, -0.05) is 19.3 Å². The fourth-order valence-electron chi connectivity index (χ4n) is 4.54. The number of rotatable bonds is 3. The minimum atomic E-state index is 0. The van der Waals surface area contributed by atoms with Crippen LogP contribution in [0.1, 0.15) is 51.4 Å². The summed E-state index contributed by atoms with van der Waals surface area (Å²) >= 11 is 0. The maximum absolute atomic E-state index is 12.3. The van der Waals surface area contributed by atoms with Gasteiger partial charge in [-0.15, -0.1) is 12.4 Å². The molecule has 2 aliphatic heterocycles. The molecule has 0 unspecified atom stereocenters. The van der Waals surface area contributed by atoms with Crippen molar-refractivity contribution in [1.29, 1.82) is 0 Å². The third-order valence-corrected chi connectivity index (χ3v) is 5.77. The average molecular weight is 330 g/mol. The van der Waals surface area contributed by atoms with Gasteiger partial charge in [0.15, 0.2) is 0 Å². The zero-order valence-corrected chi connectivity index (χ0v) is 14.6. The maximum Gasteiger partial charge on any atom is 0.223 e. The van der Waals surface area contributed by atoms with Gasteiger partial charge >= 0.3 is 0 Å². The molecule has 5 heteroatoms. The van der Waals surface area contributed by atoms with Crippen molar-refractivity contribution in [3.8, 4) is 0 Å². The maximum atomic E-state index is 12.3. The number of nitrogens with zero attached hydrogens (tertiary/aromatic N) is 2. The van der Waals surface area contributed by atoms with E-state index in [1.807, 2.05) is 4.90 Å². The Kier molecular flexibility index (Phi) is 6.97. The Labute approximate surface area is 141 Å². The van der Waals surface area contributed by atoms with Crippen LogP contribution in [0.5, 0.6) is 0 Å². The van der Waals surface area contributed by atoms with E-state index in [2.05, 4.69) is 10.2 Å². The molecule has 1 saturated carbocycles. The summed E-state index contributed by atoms with van der Waals surface area (Å²) in [6.07, 6.45) is 10.6. The molecule has 1 aliphatic carbocycles. The average Bonchev–Trinajstić information content (AvgIpc) is 2.54.